The molecule has 0 bridgehead atoms. The van der Waals surface area contributed by atoms with E-state index in [2.05, 4.69) is 34.2 Å². The van der Waals surface area contributed by atoms with E-state index in [1.54, 1.807) is 11.8 Å². The second-order valence-corrected chi connectivity index (χ2v) is 9.29. The van der Waals surface area contributed by atoms with E-state index in [0.717, 1.165) is 36.5 Å². The van der Waals surface area contributed by atoms with Crippen LogP contribution in [0.15, 0.2) is 39.3 Å². The molecule has 0 unspecified atom stereocenters. The number of carbonyl (C=O) groups is 1. The highest BCUT2D eigenvalue weighted by atomic mass is 32.2. The molecule has 0 spiro atoms. The minimum absolute atomic E-state index is 0.0539. The Hall–Kier alpha value is -2.19. The van der Waals surface area contributed by atoms with Crippen LogP contribution in [0.25, 0.3) is 0 Å². The fourth-order valence-corrected chi connectivity index (χ4v) is 5.36. The number of benzene rings is 1. The second kappa shape index (κ2) is 9.75. The average molecular weight is 443 g/mol. The summed E-state index contributed by atoms with van der Waals surface area (Å²) in [7, 11) is 0. The van der Waals surface area contributed by atoms with Gasteiger partial charge in [0.1, 0.15) is 0 Å². The van der Waals surface area contributed by atoms with Gasteiger partial charge in [0.2, 0.25) is 11.8 Å². The van der Waals surface area contributed by atoms with Gasteiger partial charge in [0.15, 0.2) is 5.13 Å². The molecule has 1 aliphatic carbocycles. The molecule has 2 heterocycles. The third-order valence-electron chi connectivity index (χ3n) is 5.37. The summed E-state index contributed by atoms with van der Waals surface area (Å²) in [4.78, 5) is 18.6. The van der Waals surface area contributed by atoms with E-state index in [1.165, 1.54) is 47.9 Å². The van der Waals surface area contributed by atoms with Crippen LogP contribution in [0.4, 0.5) is 10.8 Å². The summed E-state index contributed by atoms with van der Waals surface area (Å²) in [5, 5.41) is 11.7. The van der Waals surface area contributed by atoms with Crippen LogP contribution in [0.1, 0.15) is 69.0 Å². The first kappa shape index (κ1) is 21.1. The Balaban J connectivity index is 1.41. The third kappa shape index (κ3) is 4.92. The van der Waals surface area contributed by atoms with Crippen LogP contribution in [-0.4, -0.2) is 21.1 Å². The molecule has 4 rings (SSSR count). The number of thioether (sulfide) groups is 1. The minimum Gasteiger partial charge on any atom is -0.416 e. The molecule has 0 aliphatic heterocycles. The summed E-state index contributed by atoms with van der Waals surface area (Å²) in [6, 6.07) is 8.05. The molecule has 6 nitrogen and oxygen atoms in total. The Bertz CT molecular complexity index is 977. The number of amides is 1. The maximum atomic E-state index is 12.3. The van der Waals surface area contributed by atoms with E-state index in [-0.39, 0.29) is 5.91 Å². The van der Waals surface area contributed by atoms with E-state index in [4.69, 9.17) is 4.42 Å². The number of carbonyl (C=O) groups excluding carboxylic acids is 1. The number of aryl methyl sites for hydroxylation is 1. The molecule has 1 saturated carbocycles. The molecule has 30 heavy (non-hydrogen) atoms. The van der Waals surface area contributed by atoms with Gasteiger partial charge in [-0.2, -0.15) is 0 Å². The van der Waals surface area contributed by atoms with Gasteiger partial charge in [-0.25, -0.2) is 4.98 Å². The van der Waals surface area contributed by atoms with Gasteiger partial charge in [0.05, 0.1) is 11.4 Å². The first-order valence-electron chi connectivity index (χ1n) is 10.4. The number of anilines is 2. The van der Waals surface area contributed by atoms with Crippen molar-refractivity contribution >= 4 is 39.8 Å². The third-order valence-corrected chi connectivity index (χ3v) is 7.10. The molecule has 0 radical (unpaired) electrons. The van der Waals surface area contributed by atoms with Crippen LogP contribution in [0.2, 0.25) is 0 Å². The summed E-state index contributed by atoms with van der Waals surface area (Å²) < 4.78 is 5.88. The monoisotopic (exact) mass is 442 g/mol. The largest absolute Gasteiger partial charge is 0.416 e. The highest BCUT2D eigenvalue weighted by Crippen LogP contribution is 2.34. The minimum atomic E-state index is -0.0539. The van der Waals surface area contributed by atoms with Crippen molar-refractivity contribution in [3.05, 3.63) is 46.8 Å². The van der Waals surface area contributed by atoms with E-state index in [1.807, 2.05) is 17.5 Å². The highest BCUT2D eigenvalue weighted by Gasteiger charge is 2.22. The Labute approximate surface area is 185 Å². The van der Waals surface area contributed by atoms with E-state index >= 15 is 0 Å². The number of aromatic nitrogens is 3. The van der Waals surface area contributed by atoms with Crippen molar-refractivity contribution < 1.29 is 9.21 Å². The molecule has 1 aromatic carbocycles. The van der Waals surface area contributed by atoms with Gasteiger partial charge in [-0.1, -0.05) is 50.1 Å². The molecule has 3 aromatic rings. The lowest BCUT2D eigenvalue weighted by molar-refractivity contribution is -0.115. The van der Waals surface area contributed by atoms with Crippen molar-refractivity contribution in [1.29, 1.82) is 0 Å². The van der Waals surface area contributed by atoms with Crippen molar-refractivity contribution in [3.63, 3.8) is 0 Å². The van der Waals surface area contributed by atoms with Gasteiger partial charge in [-0.05, 0) is 37.0 Å². The number of hydrogen-bond acceptors (Lipinski definition) is 7. The number of thiazole rings is 1. The Morgan fingerprint density at radius 2 is 1.97 bits per heavy atom. The fourth-order valence-electron chi connectivity index (χ4n) is 3.70. The molecule has 158 valence electrons. The Morgan fingerprint density at radius 1 is 1.20 bits per heavy atom. The lowest BCUT2D eigenvalue weighted by Crippen LogP contribution is -2.22. The standard InChI is InChI=1S/C22H26N4O2S2/c1-3-16-9-11-19(12-10-16)26(15(2)27)21-23-18(13-29-21)14-30-22-25-24-20(28-22)17-7-5-4-6-8-17/h9-13,17H,3-8,14H2,1-2H3. The van der Waals surface area contributed by atoms with Crippen LogP contribution < -0.4 is 4.90 Å². The van der Waals surface area contributed by atoms with Gasteiger partial charge in [-0.3, -0.25) is 9.69 Å². The number of hydrogen-bond donors (Lipinski definition) is 0. The van der Waals surface area contributed by atoms with Crippen molar-refractivity contribution in [2.45, 2.75) is 69.3 Å². The van der Waals surface area contributed by atoms with Crippen LogP contribution in [0.3, 0.4) is 0 Å². The average Bonchev–Trinajstić information content (AvgIpc) is 3.43. The van der Waals surface area contributed by atoms with Gasteiger partial charge in [0.25, 0.3) is 5.22 Å². The van der Waals surface area contributed by atoms with E-state index < -0.39 is 0 Å². The second-order valence-electron chi connectivity index (χ2n) is 7.53. The topological polar surface area (TPSA) is 72.1 Å². The summed E-state index contributed by atoms with van der Waals surface area (Å²) in [6.07, 6.45) is 7.04. The first-order valence-corrected chi connectivity index (χ1v) is 12.3. The number of nitrogens with zero attached hydrogens (tertiary/aromatic N) is 4. The van der Waals surface area contributed by atoms with Crippen LogP contribution in [0, 0.1) is 0 Å². The lowest BCUT2D eigenvalue weighted by Gasteiger charge is -2.18. The van der Waals surface area contributed by atoms with Crippen LogP contribution >= 0.6 is 23.1 Å². The summed E-state index contributed by atoms with van der Waals surface area (Å²) >= 11 is 2.96. The van der Waals surface area contributed by atoms with Crippen molar-refractivity contribution in [3.8, 4) is 0 Å². The van der Waals surface area contributed by atoms with E-state index in [0.29, 0.717) is 22.0 Å². The van der Waals surface area contributed by atoms with Gasteiger partial charge in [-0.15, -0.1) is 21.5 Å². The first-order chi connectivity index (χ1) is 14.6. The van der Waals surface area contributed by atoms with Crippen LogP contribution in [-0.2, 0) is 17.0 Å². The maximum Gasteiger partial charge on any atom is 0.276 e. The normalized spacial score (nSPS) is 14.7. The zero-order chi connectivity index (χ0) is 20.9. The maximum absolute atomic E-state index is 12.3. The van der Waals surface area contributed by atoms with Crippen molar-refractivity contribution in [1.82, 2.24) is 15.2 Å². The molecular formula is C22H26N4O2S2. The predicted octanol–water partition coefficient (Wildman–Crippen LogP) is 6.11. The molecule has 1 fully saturated rings. The number of rotatable bonds is 7. The quantitative estimate of drug-likeness (QED) is 0.411. The van der Waals surface area contributed by atoms with Gasteiger partial charge < -0.3 is 4.42 Å². The van der Waals surface area contributed by atoms with Gasteiger partial charge >= 0.3 is 0 Å². The molecular weight excluding hydrogens is 416 g/mol. The smallest absolute Gasteiger partial charge is 0.276 e. The molecule has 0 saturated heterocycles. The molecule has 1 aliphatic rings. The van der Waals surface area contributed by atoms with Crippen molar-refractivity contribution in [2.75, 3.05) is 4.90 Å². The zero-order valence-electron chi connectivity index (χ0n) is 17.3. The summed E-state index contributed by atoms with van der Waals surface area (Å²) in [6.45, 7) is 3.68. The van der Waals surface area contributed by atoms with E-state index in [9.17, 15) is 4.79 Å². The fraction of sp³-hybridized carbons (Fsp3) is 0.455. The Kier molecular flexibility index (Phi) is 6.84. The lowest BCUT2D eigenvalue weighted by atomic mass is 9.89. The molecule has 0 N–H and O–H groups in total. The molecule has 8 heteroatoms. The molecule has 1 amide bonds. The predicted molar refractivity (Wildman–Crippen MR) is 120 cm³/mol. The SMILES string of the molecule is CCc1ccc(N(C(C)=O)c2nc(CSc3nnc(C4CCCCC4)o3)cs2)cc1. The molecule has 0 atom stereocenters. The highest BCUT2D eigenvalue weighted by molar-refractivity contribution is 7.98. The van der Waals surface area contributed by atoms with Crippen molar-refractivity contribution in [2.24, 2.45) is 0 Å². The van der Waals surface area contributed by atoms with Crippen LogP contribution in [0.5, 0.6) is 0 Å². The molecule has 2 aromatic heterocycles. The summed E-state index contributed by atoms with van der Waals surface area (Å²) in [5.41, 5.74) is 2.97. The zero-order valence-corrected chi connectivity index (χ0v) is 19.0. The van der Waals surface area contributed by atoms with Gasteiger partial charge in [0, 0.05) is 24.0 Å². The Morgan fingerprint density at radius 3 is 2.67 bits per heavy atom. The summed E-state index contributed by atoms with van der Waals surface area (Å²) in [5.74, 6) is 1.76.